The highest BCUT2D eigenvalue weighted by atomic mass is 16.4. The number of carbonyl (C=O) groups is 5. The van der Waals surface area contributed by atoms with Gasteiger partial charge in [0.15, 0.2) is 0 Å². The van der Waals surface area contributed by atoms with Crippen molar-refractivity contribution in [3.63, 3.8) is 0 Å². The van der Waals surface area contributed by atoms with Gasteiger partial charge >= 0.3 is 5.97 Å². The van der Waals surface area contributed by atoms with Gasteiger partial charge in [0, 0.05) is 6.42 Å². The third-order valence-electron chi connectivity index (χ3n) is 6.65. The summed E-state index contributed by atoms with van der Waals surface area (Å²) in [7, 11) is 0. The summed E-state index contributed by atoms with van der Waals surface area (Å²) < 4.78 is 0. The maximum atomic E-state index is 13.1. The summed E-state index contributed by atoms with van der Waals surface area (Å²) >= 11 is 0. The Labute approximate surface area is 253 Å². The van der Waals surface area contributed by atoms with Crippen LogP contribution in [0.3, 0.4) is 0 Å². The number of carboxylic acid groups (broad SMARTS) is 1. The van der Waals surface area contributed by atoms with Crippen LogP contribution >= 0.6 is 0 Å². The van der Waals surface area contributed by atoms with Gasteiger partial charge in [-0.25, -0.2) is 4.79 Å². The average Bonchev–Trinajstić information content (AvgIpc) is 2.95. The summed E-state index contributed by atoms with van der Waals surface area (Å²) in [5.41, 5.74) is 7.74. The Balaban J connectivity index is 2.05. The Bertz CT molecular complexity index is 1210. The summed E-state index contributed by atoms with van der Waals surface area (Å²) in [5.74, 6) is -3.42. The zero-order valence-electron chi connectivity index (χ0n) is 25.3. The van der Waals surface area contributed by atoms with Gasteiger partial charge in [0.05, 0.1) is 12.6 Å². The number of benzene rings is 2. The average molecular weight is 596 g/mol. The molecule has 2 rings (SSSR count). The molecule has 0 aliphatic carbocycles. The molecule has 11 nitrogen and oxygen atoms in total. The summed E-state index contributed by atoms with van der Waals surface area (Å²) in [6.45, 7) is 7.05. The maximum Gasteiger partial charge on any atom is 0.326 e. The first-order valence-corrected chi connectivity index (χ1v) is 14.6. The molecule has 0 saturated heterocycles. The van der Waals surface area contributed by atoms with Crippen molar-refractivity contribution in [2.75, 3.05) is 6.54 Å². The minimum Gasteiger partial charge on any atom is -0.480 e. The van der Waals surface area contributed by atoms with Crippen LogP contribution in [0.5, 0.6) is 0 Å². The first-order valence-electron chi connectivity index (χ1n) is 14.6. The highest BCUT2D eigenvalue weighted by molar-refractivity contribution is 5.94. The van der Waals surface area contributed by atoms with Crippen LogP contribution in [-0.4, -0.2) is 65.4 Å². The Morgan fingerprint density at radius 3 is 1.65 bits per heavy atom. The van der Waals surface area contributed by atoms with Crippen molar-refractivity contribution in [3.8, 4) is 0 Å². The van der Waals surface area contributed by atoms with Crippen molar-refractivity contribution < 1.29 is 29.1 Å². The molecule has 0 bridgehead atoms. The van der Waals surface area contributed by atoms with Gasteiger partial charge in [-0.2, -0.15) is 0 Å². The fourth-order valence-corrected chi connectivity index (χ4v) is 4.50. The van der Waals surface area contributed by atoms with Gasteiger partial charge in [-0.05, 0) is 42.2 Å². The van der Waals surface area contributed by atoms with Crippen molar-refractivity contribution in [1.82, 2.24) is 21.3 Å². The number of hydrogen-bond donors (Lipinski definition) is 6. The topological polar surface area (TPSA) is 180 Å². The van der Waals surface area contributed by atoms with Crippen LogP contribution in [0.4, 0.5) is 0 Å². The molecule has 234 valence electrons. The lowest BCUT2D eigenvalue weighted by Gasteiger charge is -2.24. The molecule has 0 aliphatic rings. The van der Waals surface area contributed by atoms with E-state index in [2.05, 4.69) is 21.3 Å². The Hall–Kier alpha value is -4.25. The molecule has 0 aliphatic heterocycles. The number of carboxylic acids is 1. The molecule has 11 heteroatoms. The van der Waals surface area contributed by atoms with E-state index in [0.29, 0.717) is 12.8 Å². The van der Waals surface area contributed by atoms with E-state index >= 15 is 0 Å². The molecule has 2 aromatic rings. The van der Waals surface area contributed by atoms with E-state index in [1.54, 1.807) is 24.3 Å². The molecule has 4 atom stereocenters. The number of hydrogen-bond acceptors (Lipinski definition) is 6. The van der Waals surface area contributed by atoms with Crippen LogP contribution in [0.1, 0.15) is 51.7 Å². The van der Waals surface area contributed by atoms with Crippen molar-refractivity contribution in [2.45, 2.75) is 77.5 Å². The second-order valence-electron chi connectivity index (χ2n) is 11.5. The van der Waals surface area contributed by atoms with Gasteiger partial charge in [0.2, 0.25) is 23.6 Å². The summed E-state index contributed by atoms with van der Waals surface area (Å²) in [4.78, 5) is 63.6. The molecular weight excluding hydrogens is 550 g/mol. The van der Waals surface area contributed by atoms with E-state index in [9.17, 15) is 29.1 Å². The first kappa shape index (κ1) is 34.9. The molecule has 4 amide bonds. The quantitative estimate of drug-likeness (QED) is 0.160. The maximum absolute atomic E-state index is 13.1. The summed E-state index contributed by atoms with van der Waals surface area (Å²) in [5, 5.41) is 20.0. The number of amides is 4. The SMILES string of the molecule is CC(C)C[C@H](NC(=O)[C@H](Cc1ccccc1)NC(=O)CNC(=O)[C@H](CC(C)C)NC(=O)[C@@H](N)Cc1ccccc1)C(=O)O. The van der Waals surface area contributed by atoms with E-state index in [1.165, 1.54) is 0 Å². The fraction of sp³-hybridized carbons (Fsp3) is 0.469. The van der Waals surface area contributed by atoms with Gasteiger partial charge in [0.1, 0.15) is 18.1 Å². The predicted octanol–water partition coefficient (Wildman–Crippen LogP) is 1.55. The second kappa shape index (κ2) is 17.6. The van der Waals surface area contributed by atoms with Crippen LogP contribution in [0.15, 0.2) is 60.7 Å². The lowest BCUT2D eigenvalue weighted by Crippen LogP contribution is -2.56. The van der Waals surface area contributed by atoms with E-state index in [4.69, 9.17) is 5.73 Å². The van der Waals surface area contributed by atoms with Crippen LogP contribution in [0, 0.1) is 11.8 Å². The Morgan fingerprint density at radius 1 is 0.651 bits per heavy atom. The first-order chi connectivity index (χ1) is 20.3. The number of nitrogens with one attached hydrogen (secondary N) is 4. The molecule has 2 aromatic carbocycles. The minimum atomic E-state index is -1.17. The van der Waals surface area contributed by atoms with E-state index in [0.717, 1.165) is 11.1 Å². The zero-order valence-corrected chi connectivity index (χ0v) is 25.3. The molecule has 0 aromatic heterocycles. The van der Waals surface area contributed by atoms with Gasteiger partial charge in [-0.15, -0.1) is 0 Å². The molecular formula is C32H45N5O6. The molecule has 0 heterocycles. The lowest BCUT2D eigenvalue weighted by atomic mass is 10.0. The molecule has 43 heavy (non-hydrogen) atoms. The van der Waals surface area contributed by atoms with Gasteiger partial charge in [-0.1, -0.05) is 88.4 Å². The molecule has 0 saturated carbocycles. The number of carbonyl (C=O) groups excluding carboxylic acids is 4. The molecule has 0 fully saturated rings. The number of aliphatic carboxylic acids is 1. The van der Waals surface area contributed by atoms with Gasteiger partial charge in [0.25, 0.3) is 0 Å². The molecule has 0 radical (unpaired) electrons. The largest absolute Gasteiger partial charge is 0.480 e. The van der Waals surface area contributed by atoms with Crippen LogP contribution in [0.2, 0.25) is 0 Å². The van der Waals surface area contributed by atoms with Crippen molar-refractivity contribution in [1.29, 1.82) is 0 Å². The van der Waals surface area contributed by atoms with Crippen molar-refractivity contribution in [2.24, 2.45) is 17.6 Å². The smallest absolute Gasteiger partial charge is 0.326 e. The molecule has 0 unspecified atom stereocenters. The molecule has 0 spiro atoms. The monoisotopic (exact) mass is 595 g/mol. The number of nitrogens with two attached hydrogens (primary N) is 1. The third kappa shape index (κ3) is 13.1. The van der Waals surface area contributed by atoms with Gasteiger partial charge < -0.3 is 32.1 Å². The standard InChI is InChI=1S/C32H45N5O6/c1-20(2)15-25(36-29(39)24(33)17-22-11-7-5-8-12-22)30(40)34-19-28(38)35-26(18-23-13-9-6-10-14-23)31(41)37-27(32(42)43)16-21(3)4/h5-14,20-21,24-27H,15-19,33H2,1-4H3,(H,34,40)(H,35,38)(H,36,39)(H,37,41)(H,42,43)/t24-,25-,26-,27-/m0/s1. The molecule has 7 N–H and O–H groups in total. The fourth-order valence-electron chi connectivity index (χ4n) is 4.50. The second-order valence-corrected chi connectivity index (χ2v) is 11.5. The van der Waals surface area contributed by atoms with E-state index in [1.807, 2.05) is 64.1 Å². The Morgan fingerprint density at radius 2 is 1.14 bits per heavy atom. The van der Waals surface area contributed by atoms with Crippen LogP contribution in [0.25, 0.3) is 0 Å². The van der Waals surface area contributed by atoms with Crippen molar-refractivity contribution >= 4 is 29.6 Å². The summed E-state index contributed by atoms with van der Waals surface area (Å²) in [6.07, 6.45) is 0.964. The highest BCUT2D eigenvalue weighted by Crippen LogP contribution is 2.09. The number of rotatable bonds is 17. The van der Waals surface area contributed by atoms with Crippen molar-refractivity contribution in [3.05, 3.63) is 71.8 Å². The van der Waals surface area contributed by atoms with Crippen LogP contribution < -0.4 is 27.0 Å². The zero-order chi connectivity index (χ0) is 31.9. The minimum absolute atomic E-state index is 0.0194. The lowest BCUT2D eigenvalue weighted by molar-refractivity contribution is -0.142. The highest BCUT2D eigenvalue weighted by Gasteiger charge is 2.29. The normalized spacial score (nSPS) is 13.8. The predicted molar refractivity (Wildman–Crippen MR) is 164 cm³/mol. The summed E-state index contributed by atoms with van der Waals surface area (Å²) in [6, 6.07) is 14.3. The van der Waals surface area contributed by atoms with E-state index < -0.39 is 60.3 Å². The van der Waals surface area contributed by atoms with Gasteiger partial charge in [-0.3, -0.25) is 19.2 Å². The van der Waals surface area contributed by atoms with Crippen LogP contribution in [-0.2, 0) is 36.8 Å². The van der Waals surface area contributed by atoms with E-state index in [-0.39, 0.29) is 24.7 Å². The third-order valence-corrected chi connectivity index (χ3v) is 6.65. The Kier molecular flexibility index (Phi) is 14.3.